The van der Waals surface area contributed by atoms with Gasteiger partial charge >= 0.3 is 12.1 Å². The van der Waals surface area contributed by atoms with Gasteiger partial charge in [-0.1, -0.05) is 12.1 Å². The van der Waals surface area contributed by atoms with Crippen LogP contribution in [0, 0.1) is 0 Å². The molecule has 5 aromatic rings. The average molecular weight is 666 g/mol. The molecule has 7 heterocycles. The summed E-state index contributed by atoms with van der Waals surface area (Å²) in [5.74, 6) is -2.66. The van der Waals surface area contributed by atoms with Gasteiger partial charge in [-0.25, -0.2) is 24.7 Å². The van der Waals surface area contributed by atoms with E-state index in [1.165, 1.54) is 4.90 Å². The molecule has 250 valence electrons. The van der Waals surface area contributed by atoms with E-state index in [1.807, 2.05) is 30.8 Å². The fraction of sp³-hybridized carbons (Fsp3) is 0.406. The lowest BCUT2D eigenvalue weighted by Crippen LogP contribution is -2.68. The van der Waals surface area contributed by atoms with Crippen LogP contribution in [0.2, 0.25) is 0 Å². The molecule has 3 fully saturated rings. The summed E-state index contributed by atoms with van der Waals surface area (Å²) in [7, 11) is 1.87. The van der Waals surface area contributed by atoms with Crippen LogP contribution in [0.3, 0.4) is 0 Å². The van der Waals surface area contributed by atoms with Crippen molar-refractivity contribution in [2.24, 2.45) is 7.05 Å². The van der Waals surface area contributed by atoms with Crippen molar-refractivity contribution in [1.29, 1.82) is 0 Å². The predicted octanol–water partition coefficient (Wildman–Crippen LogP) is 4.30. The van der Waals surface area contributed by atoms with E-state index in [-0.39, 0.29) is 41.8 Å². The average Bonchev–Trinajstić information content (AvgIpc) is 3.77. The maximum Gasteiger partial charge on any atom is 0.451 e. The smallest absolute Gasteiger partial charge is 0.451 e. The van der Waals surface area contributed by atoms with E-state index in [0.717, 1.165) is 5.56 Å². The summed E-state index contributed by atoms with van der Waals surface area (Å²) < 4.78 is 68.0. The Kier molecular flexibility index (Phi) is 6.99. The quantitative estimate of drug-likeness (QED) is 0.277. The number of rotatable bonds is 6. The number of nitrogens with zero attached hydrogens (tertiary/aromatic N) is 7. The minimum Gasteiger partial charge on any atom is -0.480 e. The van der Waals surface area contributed by atoms with E-state index in [0.29, 0.717) is 48.7 Å². The van der Waals surface area contributed by atoms with Crippen molar-refractivity contribution in [3.05, 3.63) is 54.9 Å². The highest BCUT2D eigenvalue weighted by atomic mass is 19.4. The van der Waals surface area contributed by atoms with E-state index in [4.69, 9.17) is 18.6 Å². The number of aromatic nitrogens is 5. The minimum atomic E-state index is -4.89. The second-order valence-electron chi connectivity index (χ2n) is 12.4. The number of hydrogen-bond donors (Lipinski definition) is 1. The molecule has 3 aliphatic heterocycles. The first-order valence-corrected chi connectivity index (χ1v) is 15.4. The molecule has 1 spiro atoms. The normalized spacial score (nSPS) is 22.5. The van der Waals surface area contributed by atoms with Crippen molar-refractivity contribution in [2.45, 2.75) is 43.3 Å². The molecule has 0 radical (unpaired) electrons. The van der Waals surface area contributed by atoms with Gasteiger partial charge in [0.25, 0.3) is 0 Å². The zero-order valence-electron chi connectivity index (χ0n) is 25.8. The van der Waals surface area contributed by atoms with E-state index >= 15 is 0 Å². The summed E-state index contributed by atoms with van der Waals surface area (Å²) >= 11 is 0. The molecule has 0 amide bonds. The number of benzene rings is 1. The first-order valence-electron chi connectivity index (χ1n) is 15.4. The number of furan rings is 1. The number of hydrogen-bond acceptors (Lipinski definition) is 11. The van der Waals surface area contributed by atoms with Crippen LogP contribution in [-0.2, 0) is 27.5 Å². The van der Waals surface area contributed by atoms with Crippen LogP contribution in [0.4, 0.5) is 24.7 Å². The van der Waals surface area contributed by atoms with Crippen LogP contribution < -0.4 is 14.5 Å². The number of alkyl halides is 3. The van der Waals surface area contributed by atoms with E-state index in [2.05, 4.69) is 24.8 Å². The Labute approximate surface area is 270 Å². The standard InChI is InChI=1S/C32H30F3N7O6/c1-17-31(14-45-15-31)46-8-7-41(17)22-9-18(21-13-40(2)16-37-21)11-36-28(22)47-19-10-23(29(43)44)42(12-19)27-26-25(38-30(39-27)32(33,34)35)20-5-3-4-6-24(20)48-26/h3-6,9,11,13,16-17,19,23H,7-8,10,12,14-15H2,1-2H3,(H,43,44)/t17-,19?,23-/m0/s1. The second kappa shape index (κ2) is 11.1. The molecular formula is C32H30F3N7O6. The molecule has 13 nitrogen and oxygen atoms in total. The molecule has 16 heteroatoms. The van der Waals surface area contributed by atoms with Gasteiger partial charge in [0.05, 0.1) is 44.4 Å². The lowest BCUT2D eigenvalue weighted by molar-refractivity contribution is -0.228. The van der Waals surface area contributed by atoms with Crippen LogP contribution in [0.5, 0.6) is 5.88 Å². The van der Waals surface area contributed by atoms with Crippen molar-refractivity contribution in [3.8, 4) is 17.1 Å². The van der Waals surface area contributed by atoms with E-state index in [1.54, 1.807) is 36.8 Å². The number of carboxylic acids is 1. The number of ether oxygens (including phenoxy) is 3. The number of para-hydroxylation sites is 1. The zero-order chi connectivity index (χ0) is 33.4. The van der Waals surface area contributed by atoms with Crippen LogP contribution in [0.1, 0.15) is 19.2 Å². The van der Waals surface area contributed by atoms with Crippen LogP contribution in [0.15, 0.2) is 53.5 Å². The molecule has 0 bridgehead atoms. The van der Waals surface area contributed by atoms with Gasteiger partial charge in [-0.15, -0.1) is 0 Å². The summed E-state index contributed by atoms with van der Waals surface area (Å²) in [5, 5.41) is 10.6. The highest BCUT2D eigenvalue weighted by molar-refractivity contribution is 6.06. The van der Waals surface area contributed by atoms with Crippen molar-refractivity contribution < 1.29 is 41.7 Å². The van der Waals surface area contributed by atoms with Gasteiger partial charge in [0.15, 0.2) is 11.4 Å². The molecule has 1 N–H and O–H groups in total. The maximum absolute atomic E-state index is 14.1. The Morgan fingerprint density at radius 1 is 1.15 bits per heavy atom. The number of aliphatic carboxylic acids is 1. The molecule has 1 unspecified atom stereocenters. The molecule has 4 aromatic heterocycles. The van der Waals surface area contributed by atoms with Crippen LogP contribution in [0.25, 0.3) is 33.3 Å². The van der Waals surface area contributed by atoms with E-state index in [9.17, 15) is 23.1 Å². The number of halogens is 3. The summed E-state index contributed by atoms with van der Waals surface area (Å²) in [6.07, 6.45) is -0.531. The summed E-state index contributed by atoms with van der Waals surface area (Å²) in [6.45, 7) is 3.82. The van der Waals surface area contributed by atoms with Gasteiger partial charge < -0.3 is 38.1 Å². The third-order valence-electron chi connectivity index (χ3n) is 9.34. The van der Waals surface area contributed by atoms with Gasteiger partial charge in [0.2, 0.25) is 11.7 Å². The van der Waals surface area contributed by atoms with E-state index < -0.39 is 35.7 Å². The van der Waals surface area contributed by atoms with Gasteiger partial charge in [-0.2, -0.15) is 13.2 Å². The van der Waals surface area contributed by atoms with Crippen molar-refractivity contribution in [1.82, 2.24) is 24.5 Å². The third kappa shape index (κ3) is 4.97. The first kappa shape index (κ1) is 30.4. The zero-order valence-corrected chi connectivity index (χ0v) is 25.8. The fourth-order valence-electron chi connectivity index (χ4n) is 6.75. The molecule has 8 rings (SSSR count). The van der Waals surface area contributed by atoms with Gasteiger partial charge in [0.1, 0.15) is 34.5 Å². The molecule has 3 atom stereocenters. The Bertz CT molecular complexity index is 2040. The molecule has 3 aliphatic rings. The second-order valence-corrected chi connectivity index (χ2v) is 12.4. The van der Waals surface area contributed by atoms with Crippen molar-refractivity contribution in [3.63, 3.8) is 0 Å². The van der Waals surface area contributed by atoms with Gasteiger partial charge in [-0.3, -0.25) is 0 Å². The lowest BCUT2D eigenvalue weighted by atomic mass is 9.90. The molecule has 3 saturated heterocycles. The molecular weight excluding hydrogens is 635 g/mol. The Morgan fingerprint density at radius 2 is 1.96 bits per heavy atom. The molecule has 0 saturated carbocycles. The summed E-state index contributed by atoms with van der Waals surface area (Å²) in [6, 6.07) is 7.09. The Balaban J connectivity index is 1.18. The Hall–Kier alpha value is -4.96. The van der Waals surface area contributed by atoms with Crippen LogP contribution in [-0.4, -0.2) is 92.3 Å². The first-order chi connectivity index (χ1) is 23.0. The SMILES string of the molecule is C[C@@H]1N(c2cc(-c3cn(C)cn3)cnc2OC2C[C@@H](C(=O)O)N(c3nc(C(F)(F)F)nc4c3oc3ccccc34)C2)CCOC12COC2. The highest BCUT2D eigenvalue weighted by Crippen LogP contribution is 2.42. The number of carbonyl (C=O) groups is 1. The number of imidazole rings is 1. The minimum absolute atomic E-state index is 0.0372. The molecule has 0 aliphatic carbocycles. The largest absolute Gasteiger partial charge is 0.480 e. The number of carboxylic acid groups (broad SMARTS) is 1. The number of morpholine rings is 1. The Morgan fingerprint density at radius 3 is 2.67 bits per heavy atom. The number of fused-ring (bicyclic) bond motifs is 3. The maximum atomic E-state index is 14.1. The van der Waals surface area contributed by atoms with Gasteiger partial charge in [0, 0.05) is 43.4 Å². The molecule has 48 heavy (non-hydrogen) atoms. The number of pyridine rings is 1. The summed E-state index contributed by atoms with van der Waals surface area (Å²) in [5.41, 5.74) is 1.84. The third-order valence-corrected chi connectivity index (χ3v) is 9.34. The van der Waals surface area contributed by atoms with Crippen molar-refractivity contribution in [2.75, 3.05) is 42.7 Å². The fourth-order valence-corrected chi connectivity index (χ4v) is 6.75. The predicted molar refractivity (Wildman–Crippen MR) is 165 cm³/mol. The lowest BCUT2D eigenvalue weighted by Gasteiger charge is -2.53. The molecule has 1 aromatic carbocycles. The highest BCUT2D eigenvalue weighted by Gasteiger charge is 2.50. The van der Waals surface area contributed by atoms with Gasteiger partial charge in [-0.05, 0) is 25.1 Å². The number of aryl methyl sites for hydroxylation is 1. The van der Waals surface area contributed by atoms with Crippen LogP contribution >= 0.6 is 0 Å². The monoisotopic (exact) mass is 665 g/mol. The number of anilines is 2. The van der Waals surface area contributed by atoms with Crippen molar-refractivity contribution >= 4 is 39.5 Å². The summed E-state index contributed by atoms with van der Waals surface area (Å²) in [4.78, 5) is 32.8. The topological polar surface area (TPSA) is 141 Å².